The number of aliphatic hydroxyl groups excluding tert-OH is 1. The number of rotatable bonds is 9. The summed E-state index contributed by atoms with van der Waals surface area (Å²) in [5, 5.41) is 13.0. The Kier molecular flexibility index (Phi) is 7.82. The number of hydrogen-bond acceptors (Lipinski definition) is 3. The molecule has 114 valence electrons. The highest BCUT2D eigenvalue weighted by molar-refractivity contribution is 5.24. The van der Waals surface area contributed by atoms with Crippen LogP contribution in [0.1, 0.15) is 44.7 Å². The lowest BCUT2D eigenvalue weighted by molar-refractivity contribution is 0.0260. The van der Waals surface area contributed by atoms with Crippen molar-refractivity contribution in [2.75, 3.05) is 19.8 Å². The van der Waals surface area contributed by atoms with Crippen LogP contribution in [0.5, 0.6) is 0 Å². The van der Waals surface area contributed by atoms with Gasteiger partial charge >= 0.3 is 0 Å². The molecular weight excluding hydrogens is 250 g/mol. The number of hydrogen-bond donors (Lipinski definition) is 2. The van der Waals surface area contributed by atoms with E-state index in [9.17, 15) is 5.11 Å². The molecule has 3 nitrogen and oxygen atoms in total. The predicted octanol–water partition coefficient (Wildman–Crippen LogP) is 2.93. The number of benzene rings is 1. The lowest BCUT2D eigenvalue weighted by atomic mass is 10.0. The predicted molar refractivity (Wildman–Crippen MR) is 83.9 cm³/mol. The summed E-state index contributed by atoms with van der Waals surface area (Å²) < 4.78 is 5.41. The Morgan fingerprint density at radius 1 is 1.05 bits per heavy atom. The van der Waals surface area contributed by atoms with E-state index in [0.29, 0.717) is 31.6 Å². The summed E-state index contributed by atoms with van der Waals surface area (Å²) in [6.45, 7) is 11.0. The second-order valence-corrected chi connectivity index (χ2v) is 6.11. The third-order valence-electron chi connectivity index (χ3n) is 3.12. The third-order valence-corrected chi connectivity index (χ3v) is 3.12. The monoisotopic (exact) mass is 279 g/mol. The fraction of sp³-hybridized carbons (Fsp3) is 0.647. The van der Waals surface area contributed by atoms with E-state index in [2.05, 4.69) is 57.3 Å². The molecule has 0 aromatic heterocycles. The first kappa shape index (κ1) is 17.2. The number of ether oxygens (including phenoxy) is 1. The van der Waals surface area contributed by atoms with Gasteiger partial charge in [-0.05, 0) is 23.0 Å². The van der Waals surface area contributed by atoms with Crippen molar-refractivity contribution in [3.05, 3.63) is 35.4 Å². The minimum atomic E-state index is -0.441. The maximum absolute atomic E-state index is 9.77. The summed E-state index contributed by atoms with van der Waals surface area (Å²) in [4.78, 5) is 0. The van der Waals surface area contributed by atoms with Gasteiger partial charge in [-0.25, -0.2) is 0 Å². The fourth-order valence-corrected chi connectivity index (χ4v) is 1.90. The van der Waals surface area contributed by atoms with Crippen molar-refractivity contribution in [3.63, 3.8) is 0 Å². The van der Waals surface area contributed by atoms with Gasteiger partial charge in [-0.2, -0.15) is 0 Å². The SMILES string of the molecule is CC(C)COCC(O)CNCc1ccc(C(C)C)cc1. The smallest absolute Gasteiger partial charge is 0.0897 e. The molecule has 3 heteroatoms. The van der Waals surface area contributed by atoms with Gasteiger partial charge in [0.25, 0.3) is 0 Å². The van der Waals surface area contributed by atoms with Crippen molar-refractivity contribution < 1.29 is 9.84 Å². The number of nitrogens with one attached hydrogen (secondary N) is 1. The molecule has 1 atom stereocenters. The molecule has 0 saturated heterocycles. The van der Waals surface area contributed by atoms with Crippen LogP contribution in [-0.4, -0.2) is 31.0 Å². The van der Waals surface area contributed by atoms with E-state index < -0.39 is 6.10 Å². The van der Waals surface area contributed by atoms with E-state index in [1.54, 1.807) is 0 Å². The molecular formula is C17H29NO2. The molecule has 0 aliphatic carbocycles. The quantitative estimate of drug-likeness (QED) is 0.730. The van der Waals surface area contributed by atoms with Gasteiger partial charge in [0, 0.05) is 19.7 Å². The van der Waals surface area contributed by atoms with Crippen LogP contribution in [0.2, 0.25) is 0 Å². The molecule has 0 aliphatic heterocycles. The zero-order valence-electron chi connectivity index (χ0n) is 13.2. The largest absolute Gasteiger partial charge is 0.389 e. The summed E-state index contributed by atoms with van der Waals surface area (Å²) >= 11 is 0. The highest BCUT2D eigenvalue weighted by Gasteiger charge is 2.05. The Bertz CT molecular complexity index is 360. The van der Waals surface area contributed by atoms with Crippen LogP contribution in [0.25, 0.3) is 0 Å². The summed E-state index contributed by atoms with van der Waals surface area (Å²) in [5.41, 5.74) is 2.60. The lowest BCUT2D eigenvalue weighted by Crippen LogP contribution is -2.30. The van der Waals surface area contributed by atoms with Crippen molar-refractivity contribution in [2.24, 2.45) is 5.92 Å². The fourth-order valence-electron chi connectivity index (χ4n) is 1.90. The molecule has 1 aromatic carbocycles. The molecule has 0 amide bonds. The molecule has 0 fully saturated rings. The molecule has 0 heterocycles. The first-order valence-electron chi connectivity index (χ1n) is 7.54. The molecule has 20 heavy (non-hydrogen) atoms. The van der Waals surface area contributed by atoms with Crippen LogP contribution in [0.4, 0.5) is 0 Å². The second kappa shape index (κ2) is 9.11. The average Bonchev–Trinajstić information content (AvgIpc) is 2.39. The highest BCUT2D eigenvalue weighted by Crippen LogP contribution is 2.14. The zero-order valence-corrected chi connectivity index (χ0v) is 13.2. The summed E-state index contributed by atoms with van der Waals surface area (Å²) in [5.74, 6) is 1.08. The molecule has 1 aromatic rings. The van der Waals surface area contributed by atoms with Gasteiger partial charge in [0.05, 0.1) is 12.7 Å². The van der Waals surface area contributed by atoms with Crippen molar-refractivity contribution >= 4 is 0 Å². The summed E-state index contributed by atoms with van der Waals surface area (Å²) in [7, 11) is 0. The lowest BCUT2D eigenvalue weighted by Gasteiger charge is -2.14. The van der Waals surface area contributed by atoms with Gasteiger partial charge in [0.15, 0.2) is 0 Å². The minimum absolute atomic E-state index is 0.400. The molecule has 2 N–H and O–H groups in total. The van der Waals surface area contributed by atoms with Crippen LogP contribution >= 0.6 is 0 Å². The van der Waals surface area contributed by atoms with E-state index in [-0.39, 0.29) is 0 Å². The van der Waals surface area contributed by atoms with E-state index in [4.69, 9.17) is 4.74 Å². The van der Waals surface area contributed by atoms with Crippen LogP contribution in [0.3, 0.4) is 0 Å². The summed E-state index contributed by atoms with van der Waals surface area (Å²) in [6.07, 6.45) is -0.441. The Hall–Kier alpha value is -0.900. The molecule has 1 rings (SSSR count). The highest BCUT2D eigenvalue weighted by atomic mass is 16.5. The maximum atomic E-state index is 9.77. The van der Waals surface area contributed by atoms with Crippen LogP contribution in [0, 0.1) is 5.92 Å². The Morgan fingerprint density at radius 2 is 1.70 bits per heavy atom. The Morgan fingerprint density at radius 3 is 2.25 bits per heavy atom. The van der Waals surface area contributed by atoms with Gasteiger partial charge in [-0.15, -0.1) is 0 Å². The molecule has 0 aliphatic rings. The van der Waals surface area contributed by atoms with Crippen molar-refractivity contribution in [1.82, 2.24) is 5.32 Å². The van der Waals surface area contributed by atoms with Gasteiger partial charge in [-0.3, -0.25) is 0 Å². The van der Waals surface area contributed by atoms with E-state index in [0.717, 1.165) is 6.54 Å². The van der Waals surface area contributed by atoms with E-state index in [1.807, 2.05) is 0 Å². The first-order chi connectivity index (χ1) is 9.49. The third kappa shape index (κ3) is 7.04. The molecule has 0 bridgehead atoms. The zero-order chi connectivity index (χ0) is 15.0. The van der Waals surface area contributed by atoms with Crippen molar-refractivity contribution in [1.29, 1.82) is 0 Å². The van der Waals surface area contributed by atoms with Crippen LogP contribution < -0.4 is 5.32 Å². The molecule has 0 radical (unpaired) electrons. The van der Waals surface area contributed by atoms with Crippen LogP contribution in [-0.2, 0) is 11.3 Å². The van der Waals surface area contributed by atoms with E-state index in [1.165, 1.54) is 11.1 Å². The van der Waals surface area contributed by atoms with Gasteiger partial charge in [0.2, 0.25) is 0 Å². The van der Waals surface area contributed by atoms with E-state index >= 15 is 0 Å². The standard InChI is InChI=1S/C17H29NO2/c1-13(2)11-20-12-17(19)10-18-9-15-5-7-16(8-6-15)14(3)4/h5-8,13-14,17-19H,9-12H2,1-4H3. The topological polar surface area (TPSA) is 41.5 Å². The van der Waals surface area contributed by atoms with Crippen molar-refractivity contribution in [3.8, 4) is 0 Å². The molecule has 0 saturated carbocycles. The molecule has 0 spiro atoms. The second-order valence-electron chi connectivity index (χ2n) is 6.11. The van der Waals surface area contributed by atoms with Gasteiger partial charge in [0.1, 0.15) is 0 Å². The first-order valence-corrected chi connectivity index (χ1v) is 7.54. The Labute approximate surface area is 123 Å². The molecule has 1 unspecified atom stereocenters. The number of aliphatic hydroxyl groups is 1. The Balaban J connectivity index is 2.19. The maximum Gasteiger partial charge on any atom is 0.0897 e. The normalized spacial score (nSPS) is 13.2. The van der Waals surface area contributed by atoms with Gasteiger partial charge in [-0.1, -0.05) is 52.0 Å². The average molecular weight is 279 g/mol. The van der Waals surface area contributed by atoms with Gasteiger partial charge < -0.3 is 15.2 Å². The minimum Gasteiger partial charge on any atom is -0.389 e. The van der Waals surface area contributed by atoms with Crippen molar-refractivity contribution in [2.45, 2.75) is 46.3 Å². The van der Waals surface area contributed by atoms with Crippen LogP contribution in [0.15, 0.2) is 24.3 Å². The summed E-state index contributed by atoms with van der Waals surface area (Å²) in [6, 6.07) is 8.63.